The number of hydrogen-bond donors (Lipinski definition) is 0. The van der Waals surface area contributed by atoms with Crippen LogP contribution in [0.4, 0.5) is 13.2 Å². The molecule has 2 aliphatic rings. The fourth-order valence-electron chi connectivity index (χ4n) is 3.33. The standard InChI is InChI=1S/C15H21F3O3S.C2H6/c1-4-14(5-2)8-11-10(3)6-7-13(12(11)9-14)21-22(19,20)15(16,17)18;1-2/h4-9H2,1-3H3;1-2H3. The van der Waals surface area contributed by atoms with E-state index in [4.69, 9.17) is 0 Å². The third-order valence-corrected chi connectivity index (χ3v) is 6.03. The van der Waals surface area contributed by atoms with Crippen LogP contribution in [0.1, 0.15) is 73.1 Å². The van der Waals surface area contributed by atoms with Crippen LogP contribution in [0.5, 0.6) is 0 Å². The lowest BCUT2D eigenvalue weighted by atomic mass is 9.80. The molecule has 0 atom stereocenters. The van der Waals surface area contributed by atoms with Crippen LogP contribution in [0.15, 0.2) is 22.5 Å². The Hall–Kier alpha value is -0.980. The SMILES string of the molecule is CC.CCC1(CC)CC2=C(C)CCC(OS(=O)(=O)C(F)(F)F)=C2C1. The highest BCUT2D eigenvalue weighted by Gasteiger charge is 2.50. The lowest BCUT2D eigenvalue weighted by molar-refractivity contribution is -0.0524. The van der Waals surface area contributed by atoms with Crippen LogP contribution in [0.3, 0.4) is 0 Å². The van der Waals surface area contributed by atoms with Crippen LogP contribution in [-0.2, 0) is 14.3 Å². The second-order valence-corrected chi connectivity index (χ2v) is 7.74. The van der Waals surface area contributed by atoms with Crippen LogP contribution in [0, 0.1) is 5.41 Å². The van der Waals surface area contributed by atoms with Crippen molar-refractivity contribution in [2.75, 3.05) is 0 Å². The number of allylic oxidation sites excluding steroid dienone is 4. The molecule has 0 N–H and O–H groups in total. The van der Waals surface area contributed by atoms with Gasteiger partial charge < -0.3 is 4.18 Å². The molecular formula is C17H27F3O3S. The summed E-state index contributed by atoms with van der Waals surface area (Å²) in [6.45, 7) is 10.1. The Bertz CT molecular complexity index is 624. The lowest BCUT2D eigenvalue weighted by Crippen LogP contribution is -2.26. The van der Waals surface area contributed by atoms with E-state index in [1.165, 1.54) is 0 Å². The van der Waals surface area contributed by atoms with Gasteiger partial charge in [-0.1, -0.05) is 33.3 Å². The van der Waals surface area contributed by atoms with Crippen molar-refractivity contribution in [1.82, 2.24) is 0 Å². The molecule has 24 heavy (non-hydrogen) atoms. The zero-order valence-electron chi connectivity index (χ0n) is 15.0. The van der Waals surface area contributed by atoms with Crippen LogP contribution in [0.2, 0.25) is 0 Å². The minimum absolute atomic E-state index is 0.00682. The fourth-order valence-corrected chi connectivity index (χ4v) is 3.87. The average Bonchev–Trinajstić information content (AvgIpc) is 2.93. The maximum atomic E-state index is 12.5. The smallest absolute Gasteiger partial charge is 0.380 e. The minimum Gasteiger partial charge on any atom is -0.380 e. The monoisotopic (exact) mass is 368 g/mol. The van der Waals surface area contributed by atoms with Crippen molar-refractivity contribution in [3.05, 3.63) is 22.5 Å². The number of hydrogen-bond acceptors (Lipinski definition) is 3. The Labute approximate surface area is 143 Å². The van der Waals surface area contributed by atoms with E-state index in [0.29, 0.717) is 18.4 Å². The molecule has 0 radical (unpaired) electrons. The highest BCUT2D eigenvalue weighted by molar-refractivity contribution is 7.87. The molecule has 7 heteroatoms. The molecule has 140 valence electrons. The van der Waals surface area contributed by atoms with Crippen molar-refractivity contribution in [3.8, 4) is 0 Å². The summed E-state index contributed by atoms with van der Waals surface area (Å²) in [6, 6.07) is 0. The zero-order chi connectivity index (χ0) is 18.8. The number of halogens is 3. The Kier molecular flexibility index (Phi) is 6.58. The molecule has 1 fully saturated rings. The molecule has 0 spiro atoms. The van der Waals surface area contributed by atoms with Gasteiger partial charge in [0.1, 0.15) is 5.76 Å². The molecule has 1 saturated carbocycles. The van der Waals surface area contributed by atoms with E-state index < -0.39 is 15.6 Å². The van der Waals surface area contributed by atoms with Crippen molar-refractivity contribution in [1.29, 1.82) is 0 Å². The van der Waals surface area contributed by atoms with Gasteiger partial charge in [0.25, 0.3) is 0 Å². The Morgan fingerprint density at radius 3 is 2.00 bits per heavy atom. The molecule has 0 aromatic carbocycles. The Balaban J connectivity index is 0.00000139. The van der Waals surface area contributed by atoms with E-state index in [1.807, 2.05) is 20.8 Å². The van der Waals surface area contributed by atoms with Gasteiger partial charge in [-0.25, -0.2) is 0 Å². The molecule has 0 heterocycles. The molecule has 2 rings (SSSR count). The molecule has 0 aromatic heterocycles. The van der Waals surface area contributed by atoms with Crippen LogP contribution < -0.4 is 0 Å². The fraction of sp³-hybridized carbons (Fsp3) is 0.765. The van der Waals surface area contributed by atoms with Gasteiger partial charge in [0.2, 0.25) is 0 Å². The highest BCUT2D eigenvalue weighted by Crippen LogP contribution is 2.54. The van der Waals surface area contributed by atoms with Gasteiger partial charge in [-0.3, -0.25) is 0 Å². The first-order valence-electron chi connectivity index (χ1n) is 8.47. The summed E-state index contributed by atoms with van der Waals surface area (Å²) in [5, 5.41) is 0. The third kappa shape index (κ3) is 3.98. The topological polar surface area (TPSA) is 43.4 Å². The first kappa shape index (κ1) is 21.1. The predicted molar refractivity (Wildman–Crippen MR) is 88.6 cm³/mol. The summed E-state index contributed by atoms with van der Waals surface area (Å²) in [4.78, 5) is 0. The first-order chi connectivity index (χ1) is 11.1. The van der Waals surface area contributed by atoms with Gasteiger partial charge in [0.15, 0.2) is 0 Å². The summed E-state index contributed by atoms with van der Waals surface area (Å²) < 4.78 is 64.7. The Morgan fingerprint density at radius 1 is 1.04 bits per heavy atom. The highest BCUT2D eigenvalue weighted by atomic mass is 32.2. The molecular weight excluding hydrogens is 341 g/mol. The van der Waals surface area contributed by atoms with Crippen molar-refractivity contribution in [2.45, 2.75) is 78.7 Å². The molecule has 3 nitrogen and oxygen atoms in total. The summed E-state index contributed by atoms with van der Waals surface area (Å²) in [6.07, 6.45) is 3.95. The quantitative estimate of drug-likeness (QED) is 0.462. The number of alkyl halides is 3. The summed E-state index contributed by atoms with van der Waals surface area (Å²) in [5.41, 5.74) is -2.56. The molecule has 0 aromatic rings. The lowest BCUT2D eigenvalue weighted by Gasteiger charge is -2.24. The van der Waals surface area contributed by atoms with Gasteiger partial charge in [-0.05, 0) is 55.6 Å². The first-order valence-corrected chi connectivity index (χ1v) is 9.88. The van der Waals surface area contributed by atoms with Gasteiger partial charge in [-0.15, -0.1) is 0 Å². The van der Waals surface area contributed by atoms with Gasteiger partial charge in [0.05, 0.1) is 0 Å². The molecule has 0 aliphatic heterocycles. The molecule has 2 aliphatic carbocycles. The van der Waals surface area contributed by atoms with Crippen molar-refractivity contribution in [2.24, 2.45) is 5.41 Å². The Morgan fingerprint density at radius 2 is 1.54 bits per heavy atom. The van der Waals surface area contributed by atoms with Gasteiger partial charge >= 0.3 is 15.6 Å². The zero-order valence-corrected chi connectivity index (χ0v) is 15.8. The normalized spacial score (nSPS) is 20.5. The van der Waals surface area contributed by atoms with E-state index in [9.17, 15) is 21.6 Å². The maximum Gasteiger partial charge on any atom is 0.534 e. The van der Waals surface area contributed by atoms with E-state index >= 15 is 0 Å². The third-order valence-electron chi connectivity index (χ3n) is 5.04. The number of rotatable bonds is 4. The summed E-state index contributed by atoms with van der Waals surface area (Å²) in [5.74, 6) is -0.0123. The van der Waals surface area contributed by atoms with Crippen molar-refractivity contribution < 1.29 is 25.8 Å². The van der Waals surface area contributed by atoms with Gasteiger partial charge in [-0.2, -0.15) is 21.6 Å². The molecule has 0 saturated heterocycles. The van der Waals surface area contributed by atoms with Crippen molar-refractivity contribution in [3.63, 3.8) is 0 Å². The van der Waals surface area contributed by atoms with Crippen LogP contribution in [-0.4, -0.2) is 13.9 Å². The van der Waals surface area contributed by atoms with E-state index in [1.54, 1.807) is 0 Å². The number of fused-ring (bicyclic) bond motifs is 1. The van der Waals surface area contributed by atoms with Crippen LogP contribution in [0.25, 0.3) is 0 Å². The summed E-state index contributed by atoms with van der Waals surface area (Å²) in [7, 11) is -5.58. The van der Waals surface area contributed by atoms with Crippen LogP contribution >= 0.6 is 0 Å². The summed E-state index contributed by atoms with van der Waals surface area (Å²) >= 11 is 0. The largest absolute Gasteiger partial charge is 0.534 e. The average molecular weight is 368 g/mol. The second-order valence-electron chi connectivity index (χ2n) is 6.20. The second kappa shape index (κ2) is 7.50. The molecule has 0 bridgehead atoms. The maximum absolute atomic E-state index is 12.5. The molecule has 0 amide bonds. The van der Waals surface area contributed by atoms with Gasteiger partial charge in [0, 0.05) is 6.42 Å². The predicted octanol–water partition coefficient (Wildman–Crippen LogP) is 5.84. The minimum atomic E-state index is -5.58. The molecule has 0 unspecified atom stereocenters. The van der Waals surface area contributed by atoms with Crippen molar-refractivity contribution >= 4 is 10.1 Å². The van der Waals surface area contributed by atoms with E-state index in [2.05, 4.69) is 18.0 Å². The van der Waals surface area contributed by atoms with E-state index in [0.717, 1.165) is 30.4 Å². The van der Waals surface area contributed by atoms with E-state index in [-0.39, 0.29) is 17.6 Å².